The molecule has 1 aromatic carbocycles. The Kier molecular flexibility index (Phi) is 7.56. The van der Waals surface area contributed by atoms with E-state index in [2.05, 4.69) is 48.1 Å². The first-order valence-corrected chi connectivity index (χ1v) is 12.9. The molecule has 12 heteroatoms. The molecule has 1 saturated carbocycles. The Bertz CT molecular complexity index is 1350. The van der Waals surface area contributed by atoms with E-state index < -0.39 is 0 Å². The lowest BCUT2D eigenvalue weighted by Gasteiger charge is -2.35. The van der Waals surface area contributed by atoms with Crippen LogP contribution in [0.1, 0.15) is 43.4 Å². The van der Waals surface area contributed by atoms with Gasteiger partial charge in [0, 0.05) is 38.9 Å². The molecule has 1 aliphatic carbocycles. The number of anilines is 4. The first-order chi connectivity index (χ1) is 18.1. The lowest BCUT2D eigenvalue weighted by atomic mass is 10.0. The van der Waals surface area contributed by atoms with Gasteiger partial charge < -0.3 is 25.6 Å². The Labute approximate surface area is 220 Å². The molecular formula is C25H29ClN10O. The summed E-state index contributed by atoms with van der Waals surface area (Å²) in [5.74, 6) is 0.807. The molecule has 2 aliphatic rings. The Morgan fingerprint density at radius 3 is 2.65 bits per heavy atom. The summed E-state index contributed by atoms with van der Waals surface area (Å²) in [4.78, 5) is 11.1. The zero-order chi connectivity index (χ0) is 25.8. The van der Waals surface area contributed by atoms with Crippen LogP contribution in [0.4, 0.5) is 23.1 Å². The monoisotopic (exact) mass is 520 g/mol. The third kappa shape index (κ3) is 5.70. The van der Waals surface area contributed by atoms with Gasteiger partial charge in [0.05, 0.1) is 34.2 Å². The predicted octanol–water partition coefficient (Wildman–Crippen LogP) is 3.43. The molecule has 2 fully saturated rings. The molecule has 2 aromatic heterocycles. The summed E-state index contributed by atoms with van der Waals surface area (Å²) >= 11 is 6.88. The van der Waals surface area contributed by atoms with Gasteiger partial charge in [0.2, 0.25) is 5.95 Å². The normalized spacial score (nSPS) is 15.9. The third-order valence-electron chi connectivity index (χ3n) is 6.62. The smallest absolute Gasteiger partial charge is 0.247 e. The molecule has 0 spiro atoms. The zero-order valence-corrected chi connectivity index (χ0v) is 21.4. The molecule has 0 unspecified atom stereocenters. The maximum atomic E-state index is 9.71. The van der Waals surface area contributed by atoms with E-state index >= 15 is 0 Å². The van der Waals surface area contributed by atoms with Gasteiger partial charge >= 0.3 is 0 Å². The molecule has 3 N–H and O–H groups in total. The van der Waals surface area contributed by atoms with Gasteiger partial charge in [0.15, 0.2) is 17.2 Å². The van der Waals surface area contributed by atoms with Gasteiger partial charge in [-0.2, -0.15) is 20.0 Å². The molecule has 3 heterocycles. The number of nitrogens with one attached hydrogen (secondary N) is 3. The lowest BCUT2D eigenvalue weighted by molar-refractivity contribution is 0.192. The minimum atomic E-state index is 0.257. The fraction of sp³-hybridized carbons (Fsp3) is 0.480. The number of aromatic nitrogens is 4. The summed E-state index contributed by atoms with van der Waals surface area (Å²) in [6, 6.07) is 8.65. The second-order valence-corrected chi connectivity index (χ2v) is 9.73. The van der Waals surface area contributed by atoms with Gasteiger partial charge in [-0.1, -0.05) is 11.6 Å². The molecule has 5 rings (SSSR count). The molecular weight excluding hydrogens is 492 g/mol. The molecule has 0 radical (unpaired) electrons. The molecule has 11 nitrogen and oxygen atoms in total. The molecule has 1 saturated heterocycles. The Morgan fingerprint density at radius 2 is 1.95 bits per heavy atom. The van der Waals surface area contributed by atoms with Crippen molar-refractivity contribution in [2.24, 2.45) is 0 Å². The average Bonchev–Trinajstić information content (AvgIpc) is 3.64. The summed E-state index contributed by atoms with van der Waals surface area (Å²) < 4.78 is 6.59. The van der Waals surface area contributed by atoms with Crippen molar-refractivity contribution in [2.45, 2.75) is 44.2 Å². The molecule has 0 bridgehead atoms. The first-order valence-electron chi connectivity index (χ1n) is 12.5. The number of hydrogen-bond donors (Lipinski definition) is 3. The number of rotatable bonds is 10. The van der Waals surface area contributed by atoms with Crippen LogP contribution in [0, 0.1) is 22.7 Å². The number of piperidine rings is 1. The highest BCUT2D eigenvalue weighted by atomic mass is 35.5. The minimum absolute atomic E-state index is 0.257. The highest BCUT2D eigenvalue weighted by Gasteiger charge is 2.25. The van der Waals surface area contributed by atoms with Gasteiger partial charge in [-0.3, -0.25) is 0 Å². The summed E-state index contributed by atoms with van der Waals surface area (Å²) in [5, 5.41) is 34.3. The topological polar surface area (TPSA) is 139 Å². The van der Waals surface area contributed by atoms with Crippen LogP contribution in [0.25, 0.3) is 5.65 Å². The molecule has 1 aliphatic heterocycles. The number of imidazole rings is 1. The lowest BCUT2D eigenvalue weighted by Crippen LogP contribution is -2.43. The second kappa shape index (κ2) is 11.2. The average molecular weight is 521 g/mol. The number of halogens is 1. The van der Waals surface area contributed by atoms with Gasteiger partial charge in [-0.15, -0.1) is 5.10 Å². The van der Waals surface area contributed by atoms with Crippen molar-refractivity contribution in [1.29, 1.82) is 10.5 Å². The van der Waals surface area contributed by atoms with E-state index in [1.165, 1.54) is 10.7 Å². The number of fused-ring (bicyclic) bond motifs is 1. The number of methoxy groups -OCH3 is 1. The van der Waals surface area contributed by atoms with Crippen LogP contribution in [0.2, 0.25) is 5.02 Å². The van der Waals surface area contributed by atoms with E-state index in [9.17, 15) is 10.5 Å². The standard InChI is InChI=1S/C25H29ClN10O/c1-37-10-2-7-29-17-5-8-35(9-6-17)21-12-16(13-27)11-20(22(21)26)32-25-33-23(31-18-3-4-18)24-30-15-19(14-28)36(24)34-25/h11-12,15,17-18,29H,2-10H2,1H3,(H2,31,32,33,34). The fourth-order valence-corrected chi connectivity index (χ4v) is 4.77. The van der Waals surface area contributed by atoms with E-state index in [1.54, 1.807) is 13.2 Å². The van der Waals surface area contributed by atoms with Crippen molar-refractivity contribution in [2.75, 3.05) is 48.9 Å². The van der Waals surface area contributed by atoms with Crippen molar-refractivity contribution in [3.05, 3.63) is 34.6 Å². The maximum Gasteiger partial charge on any atom is 0.247 e. The Morgan fingerprint density at radius 1 is 1.14 bits per heavy atom. The van der Waals surface area contributed by atoms with Crippen LogP contribution >= 0.6 is 11.6 Å². The molecule has 0 amide bonds. The van der Waals surface area contributed by atoms with E-state index in [0.29, 0.717) is 45.5 Å². The SMILES string of the molecule is COCCCNC1CCN(c2cc(C#N)cc(Nc3nc(NC4CC4)c4ncc(C#N)n4n3)c2Cl)CC1. The zero-order valence-electron chi connectivity index (χ0n) is 20.7. The van der Waals surface area contributed by atoms with Gasteiger partial charge in [-0.25, -0.2) is 4.98 Å². The number of benzene rings is 1. The number of hydrogen-bond acceptors (Lipinski definition) is 10. The van der Waals surface area contributed by atoms with Crippen LogP contribution in [0.5, 0.6) is 0 Å². The highest BCUT2D eigenvalue weighted by Crippen LogP contribution is 2.37. The summed E-state index contributed by atoms with van der Waals surface area (Å²) in [6.07, 6.45) is 6.55. The highest BCUT2D eigenvalue weighted by molar-refractivity contribution is 6.36. The van der Waals surface area contributed by atoms with Gasteiger partial charge in [0.1, 0.15) is 6.07 Å². The molecule has 3 aromatic rings. The van der Waals surface area contributed by atoms with E-state index in [4.69, 9.17) is 16.3 Å². The van der Waals surface area contributed by atoms with E-state index in [1.807, 2.05) is 6.07 Å². The predicted molar refractivity (Wildman–Crippen MR) is 141 cm³/mol. The molecule has 0 atom stereocenters. The van der Waals surface area contributed by atoms with Crippen LogP contribution < -0.4 is 20.9 Å². The summed E-state index contributed by atoms with van der Waals surface area (Å²) in [5.41, 5.74) is 2.62. The molecule has 192 valence electrons. The number of nitrogens with zero attached hydrogens (tertiary/aromatic N) is 7. The Hall–Kier alpha value is -3.64. The van der Waals surface area contributed by atoms with Gasteiger partial charge in [-0.05, 0) is 50.8 Å². The first kappa shape index (κ1) is 25.0. The fourth-order valence-electron chi connectivity index (χ4n) is 4.49. The maximum absolute atomic E-state index is 9.71. The van der Waals surface area contributed by atoms with E-state index in [-0.39, 0.29) is 5.95 Å². The minimum Gasteiger partial charge on any atom is -0.385 e. The molecule has 37 heavy (non-hydrogen) atoms. The van der Waals surface area contributed by atoms with Crippen LogP contribution in [-0.4, -0.2) is 65.0 Å². The van der Waals surface area contributed by atoms with Crippen molar-refractivity contribution in [1.82, 2.24) is 24.9 Å². The number of ether oxygens (including phenoxy) is 1. The van der Waals surface area contributed by atoms with Gasteiger partial charge in [0.25, 0.3) is 0 Å². The third-order valence-corrected chi connectivity index (χ3v) is 7.02. The second-order valence-electron chi connectivity index (χ2n) is 9.35. The van der Waals surface area contributed by atoms with Crippen molar-refractivity contribution in [3.63, 3.8) is 0 Å². The largest absolute Gasteiger partial charge is 0.385 e. The summed E-state index contributed by atoms with van der Waals surface area (Å²) in [6.45, 7) is 3.35. The van der Waals surface area contributed by atoms with Crippen molar-refractivity contribution in [3.8, 4) is 12.1 Å². The Balaban J connectivity index is 1.38. The summed E-state index contributed by atoms with van der Waals surface area (Å²) in [7, 11) is 1.72. The van der Waals surface area contributed by atoms with Crippen molar-refractivity contribution >= 4 is 40.4 Å². The quantitative estimate of drug-likeness (QED) is 0.340. The van der Waals surface area contributed by atoms with Crippen molar-refractivity contribution < 1.29 is 4.74 Å². The van der Waals surface area contributed by atoms with Crippen LogP contribution in [0.15, 0.2) is 18.3 Å². The number of nitriles is 2. The van der Waals surface area contributed by atoms with E-state index in [0.717, 1.165) is 64.0 Å². The van der Waals surface area contributed by atoms with Crippen LogP contribution in [0.3, 0.4) is 0 Å². The van der Waals surface area contributed by atoms with Crippen LogP contribution in [-0.2, 0) is 4.74 Å².